The van der Waals surface area contributed by atoms with Crippen molar-refractivity contribution in [1.82, 2.24) is 10.4 Å². The normalized spacial score (nSPS) is 15.3. The van der Waals surface area contributed by atoms with Gasteiger partial charge in [-0.15, -0.1) is 0 Å². The number of aliphatic hydroxyl groups is 1. The topological polar surface area (TPSA) is 89.9 Å². The first kappa shape index (κ1) is 12.7. The van der Waals surface area contributed by atoms with Crippen LogP contribution in [0.4, 0.5) is 0 Å². The van der Waals surface area contributed by atoms with Crippen LogP contribution in [-0.2, 0) is 6.54 Å². The predicted octanol–water partition coefficient (Wildman–Crippen LogP) is -0.204. The van der Waals surface area contributed by atoms with Gasteiger partial charge in [0.05, 0.1) is 13.2 Å². The van der Waals surface area contributed by atoms with E-state index in [1.54, 1.807) is 17.6 Å². The first-order chi connectivity index (χ1) is 8.65. The second kappa shape index (κ2) is 5.26. The van der Waals surface area contributed by atoms with Gasteiger partial charge in [-0.3, -0.25) is 19.7 Å². The molecule has 0 aliphatic carbocycles. The van der Waals surface area contributed by atoms with Gasteiger partial charge < -0.3 is 5.11 Å². The van der Waals surface area contributed by atoms with Gasteiger partial charge in [0.1, 0.15) is 0 Å². The number of carbonyl (C=O) groups excluding carboxylic acids is 2. The Labute approximate surface area is 104 Å². The minimum atomic E-state index is -0.607. The molecule has 6 heteroatoms. The highest BCUT2D eigenvalue weighted by atomic mass is 16.5. The number of fused-ring (bicyclic) bond motifs is 1. The van der Waals surface area contributed by atoms with Gasteiger partial charge in [-0.05, 0) is 17.7 Å². The zero-order chi connectivity index (χ0) is 13.1. The number of amides is 1. The van der Waals surface area contributed by atoms with Crippen molar-refractivity contribution < 1.29 is 19.9 Å². The van der Waals surface area contributed by atoms with Crippen LogP contribution in [0.2, 0.25) is 0 Å². The maximum Gasteiger partial charge on any atom is 0.274 e. The van der Waals surface area contributed by atoms with Gasteiger partial charge in [-0.1, -0.05) is 6.07 Å². The summed E-state index contributed by atoms with van der Waals surface area (Å²) in [5, 5.41) is 17.5. The Hall–Kier alpha value is -1.76. The van der Waals surface area contributed by atoms with Crippen LogP contribution in [0, 0.1) is 0 Å². The van der Waals surface area contributed by atoms with Crippen molar-refractivity contribution in [2.24, 2.45) is 0 Å². The number of carbonyl (C=O) groups is 2. The number of aliphatic hydroxyl groups excluding tert-OH is 1. The average molecular weight is 250 g/mol. The number of rotatable bonds is 3. The van der Waals surface area contributed by atoms with Crippen molar-refractivity contribution in [3.8, 4) is 0 Å². The minimum Gasteiger partial charge on any atom is -0.395 e. The second-order valence-corrected chi connectivity index (χ2v) is 4.17. The molecular formula is C12H14N2O4. The van der Waals surface area contributed by atoms with E-state index in [1.165, 1.54) is 6.07 Å². The van der Waals surface area contributed by atoms with Crippen LogP contribution in [0.25, 0.3) is 0 Å². The van der Waals surface area contributed by atoms with Crippen LogP contribution >= 0.6 is 0 Å². The van der Waals surface area contributed by atoms with Crippen molar-refractivity contribution in [2.75, 3.05) is 19.7 Å². The van der Waals surface area contributed by atoms with Crippen LogP contribution in [-0.4, -0.2) is 46.6 Å². The molecule has 0 saturated carbocycles. The molecule has 0 fully saturated rings. The highest BCUT2D eigenvalue weighted by Crippen LogP contribution is 2.20. The van der Waals surface area contributed by atoms with Crippen molar-refractivity contribution in [3.05, 3.63) is 34.9 Å². The van der Waals surface area contributed by atoms with E-state index in [1.807, 2.05) is 4.90 Å². The third-order valence-electron chi connectivity index (χ3n) is 2.95. The standard InChI is InChI=1S/C12H14N2O4/c15-4-3-14-6-9-5-8(12(17)13-18)1-2-10(9)11(16)7-14/h1-2,5,15,18H,3-4,6-7H2,(H,13,17). The van der Waals surface area contributed by atoms with Gasteiger partial charge >= 0.3 is 0 Å². The van der Waals surface area contributed by atoms with Crippen LogP contribution in [0.1, 0.15) is 26.3 Å². The molecule has 1 aromatic carbocycles. The minimum absolute atomic E-state index is 0.0145. The first-order valence-corrected chi connectivity index (χ1v) is 5.59. The number of nitrogens with zero attached hydrogens (tertiary/aromatic N) is 1. The molecule has 18 heavy (non-hydrogen) atoms. The van der Waals surface area contributed by atoms with E-state index < -0.39 is 5.91 Å². The Balaban J connectivity index is 2.31. The summed E-state index contributed by atoms with van der Waals surface area (Å²) >= 11 is 0. The highest BCUT2D eigenvalue weighted by molar-refractivity contribution is 6.01. The largest absolute Gasteiger partial charge is 0.395 e. The summed E-state index contributed by atoms with van der Waals surface area (Å²) in [6, 6.07) is 4.69. The molecule has 96 valence electrons. The number of nitrogens with one attached hydrogen (secondary N) is 1. The molecule has 1 aliphatic rings. The Morgan fingerprint density at radius 3 is 2.83 bits per heavy atom. The quantitative estimate of drug-likeness (QED) is 0.510. The lowest BCUT2D eigenvalue weighted by Gasteiger charge is -2.27. The monoisotopic (exact) mass is 250 g/mol. The summed E-state index contributed by atoms with van der Waals surface area (Å²) in [4.78, 5) is 24.9. The third-order valence-corrected chi connectivity index (χ3v) is 2.95. The fourth-order valence-electron chi connectivity index (χ4n) is 2.09. The first-order valence-electron chi connectivity index (χ1n) is 5.59. The molecule has 0 atom stereocenters. The van der Waals surface area contributed by atoms with Gasteiger partial charge in [0.2, 0.25) is 0 Å². The van der Waals surface area contributed by atoms with Crippen molar-refractivity contribution in [2.45, 2.75) is 6.54 Å². The predicted molar refractivity (Wildman–Crippen MR) is 62.4 cm³/mol. The van der Waals surface area contributed by atoms with Crippen LogP contribution in [0.5, 0.6) is 0 Å². The van der Waals surface area contributed by atoms with Crippen LogP contribution in [0.3, 0.4) is 0 Å². The summed E-state index contributed by atoms with van der Waals surface area (Å²) < 4.78 is 0. The molecule has 1 amide bonds. The fourth-order valence-corrected chi connectivity index (χ4v) is 2.09. The molecule has 1 aliphatic heterocycles. The van der Waals surface area contributed by atoms with E-state index in [0.29, 0.717) is 24.2 Å². The van der Waals surface area contributed by atoms with E-state index in [2.05, 4.69) is 0 Å². The molecule has 6 nitrogen and oxygen atoms in total. The summed E-state index contributed by atoms with van der Waals surface area (Å²) in [6.45, 7) is 1.19. The Bertz CT molecular complexity index is 487. The molecule has 3 N–H and O–H groups in total. The number of benzene rings is 1. The lowest BCUT2D eigenvalue weighted by Crippen LogP contribution is -2.37. The molecular weight excluding hydrogens is 236 g/mol. The number of hydrogen-bond donors (Lipinski definition) is 3. The molecule has 1 heterocycles. The molecule has 1 aromatic rings. The summed E-state index contributed by atoms with van der Waals surface area (Å²) in [5.41, 5.74) is 3.19. The zero-order valence-corrected chi connectivity index (χ0v) is 9.72. The molecule has 0 saturated heterocycles. The molecule has 0 aromatic heterocycles. The van der Waals surface area contributed by atoms with Gasteiger partial charge in [-0.2, -0.15) is 0 Å². The van der Waals surface area contributed by atoms with Crippen LogP contribution < -0.4 is 5.48 Å². The summed E-state index contributed by atoms with van der Waals surface area (Å²) in [5.74, 6) is -0.634. The smallest absolute Gasteiger partial charge is 0.274 e. The van der Waals surface area contributed by atoms with Crippen molar-refractivity contribution in [1.29, 1.82) is 0 Å². The van der Waals surface area contributed by atoms with Crippen molar-refractivity contribution >= 4 is 11.7 Å². The molecule has 0 bridgehead atoms. The van der Waals surface area contributed by atoms with E-state index in [-0.39, 0.29) is 18.9 Å². The summed E-state index contributed by atoms with van der Waals surface area (Å²) in [7, 11) is 0. The fraction of sp³-hybridized carbons (Fsp3) is 0.333. The lowest BCUT2D eigenvalue weighted by molar-refractivity contribution is 0.0705. The third kappa shape index (κ3) is 2.40. The summed E-state index contributed by atoms with van der Waals surface area (Å²) in [6.07, 6.45) is 0. The molecule has 0 radical (unpaired) electrons. The molecule has 2 rings (SSSR count). The number of hydroxylamine groups is 1. The van der Waals surface area contributed by atoms with E-state index in [9.17, 15) is 9.59 Å². The zero-order valence-electron chi connectivity index (χ0n) is 9.72. The van der Waals surface area contributed by atoms with E-state index in [4.69, 9.17) is 10.3 Å². The number of β-amino-alcohol motifs (C(OH)–C–C–N with tert-alkyl or cyclic N) is 1. The van der Waals surface area contributed by atoms with Crippen molar-refractivity contribution in [3.63, 3.8) is 0 Å². The van der Waals surface area contributed by atoms with Crippen LogP contribution in [0.15, 0.2) is 18.2 Å². The highest BCUT2D eigenvalue weighted by Gasteiger charge is 2.23. The lowest BCUT2D eigenvalue weighted by atomic mass is 9.96. The van der Waals surface area contributed by atoms with Gasteiger partial charge in [0.15, 0.2) is 5.78 Å². The van der Waals surface area contributed by atoms with Gasteiger partial charge in [0, 0.05) is 24.2 Å². The van der Waals surface area contributed by atoms with E-state index >= 15 is 0 Å². The Morgan fingerprint density at radius 2 is 2.17 bits per heavy atom. The Morgan fingerprint density at radius 1 is 1.39 bits per heavy atom. The number of ketones is 1. The second-order valence-electron chi connectivity index (χ2n) is 4.17. The maximum absolute atomic E-state index is 11.8. The molecule has 0 unspecified atom stereocenters. The van der Waals surface area contributed by atoms with Gasteiger partial charge in [-0.25, -0.2) is 5.48 Å². The SMILES string of the molecule is O=C(NO)c1ccc2c(c1)CN(CCO)CC2=O. The molecule has 0 spiro atoms. The van der Waals surface area contributed by atoms with E-state index in [0.717, 1.165) is 5.56 Å². The number of Topliss-reactive ketones (excluding diaryl/α,β-unsaturated/α-hetero) is 1. The van der Waals surface area contributed by atoms with Gasteiger partial charge in [0.25, 0.3) is 5.91 Å². The average Bonchev–Trinajstić information content (AvgIpc) is 2.37. The number of hydrogen-bond acceptors (Lipinski definition) is 5. The Kier molecular flexibility index (Phi) is 3.71. The maximum atomic E-state index is 11.8.